The van der Waals surface area contributed by atoms with Crippen LogP contribution in [0.15, 0.2) is 0 Å². The van der Waals surface area contributed by atoms with Gasteiger partial charge in [-0.1, -0.05) is 0 Å². The number of rotatable bonds is 1. The Labute approximate surface area is 55.5 Å². The van der Waals surface area contributed by atoms with Gasteiger partial charge < -0.3 is 0 Å². The van der Waals surface area contributed by atoms with Gasteiger partial charge in [0, 0.05) is 0 Å². The molecule has 0 N–H and O–H groups in total. The molecule has 0 aromatic heterocycles. The normalized spacial score (nSPS) is 12.7. The predicted molar refractivity (Wildman–Crippen MR) is 43.6 cm³/mol. The Morgan fingerprint density at radius 2 is 1.43 bits per heavy atom. The van der Waals surface area contributed by atoms with E-state index in [9.17, 15) is 0 Å². The molecule has 0 fully saturated rings. The van der Waals surface area contributed by atoms with Crippen molar-refractivity contribution in [2.75, 3.05) is 13.3 Å². The van der Waals surface area contributed by atoms with Crippen molar-refractivity contribution in [1.82, 2.24) is 0 Å². The zero-order chi connectivity index (χ0) is 6.08. The van der Waals surface area contributed by atoms with Gasteiger partial charge in [-0.2, -0.15) is 0 Å². The molecule has 0 rings (SSSR count). The second-order valence-corrected chi connectivity index (χ2v) is 23.2. The van der Waals surface area contributed by atoms with Crippen molar-refractivity contribution in [2.24, 2.45) is 0 Å². The first-order valence-corrected chi connectivity index (χ1v) is 12.1. The number of hydrogen-bond donors (Lipinski definition) is 0. The Morgan fingerprint density at radius 1 is 1.29 bits per heavy atom. The van der Waals surface area contributed by atoms with Gasteiger partial charge in [0.1, 0.15) is 0 Å². The van der Waals surface area contributed by atoms with E-state index in [-0.39, 0.29) is 0 Å². The van der Waals surface area contributed by atoms with Gasteiger partial charge in [-0.05, 0) is 0 Å². The van der Waals surface area contributed by atoms with E-state index >= 15 is 0 Å². The first-order chi connectivity index (χ1) is 2.94. The van der Waals surface area contributed by atoms with Crippen molar-refractivity contribution in [1.29, 1.82) is 0 Å². The maximum atomic E-state index is 5.28. The van der Waals surface area contributed by atoms with Gasteiger partial charge >= 0.3 is 55.4 Å². The van der Waals surface area contributed by atoms with Crippen LogP contribution in [0.3, 0.4) is 0 Å². The molecule has 44 valence electrons. The molecular weight excluding hydrogens is 186 g/mol. The quantitative estimate of drug-likeness (QED) is 0.458. The van der Waals surface area contributed by atoms with E-state index in [1.54, 1.807) is 0 Å². The molecule has 0 aromatic rings. The molecule has 0 amide bonds. The monoisotopic (exact) mass is 198 g/mol. The van der Waals surface area contributed by atoms with Gasteiger partial charge in [-0.3, -0.25) is 0 Å². The molecule has 7 heavy (non-hydrogen) atoms. The minimum absolute atomic E-state index is 0.491. The molecule has 0 saturated heterocycles. The molecule has 3 heteroatoms. The van der Waals surface area contributed by atoms with E-state index in [0.717, 1.165) is 0 Å². The zero-order valence-electron chi connectivity index (χ0n) is 5.30. The molecule has 0 aliphatic rings. The van der Waals surface area contributed by atoms with Crippen molar-refractivity contribution >= 4 is 30.6 Å². The van der Waals surface area contributed by atoms with E-state index in [0.29, 0.717) is 0 Å². The average Bonchev–Trinajstić information content (AvgIpc) is 1.31. The fraction of sp³-hybridized carbons (Fsp3) is 1.00. The van der Waals surface area contributed by atoms with Gasteiger partial charge in [-0.25, -0.2) is 0 Å². The van der Waals surface area contributed by atoms with Crippen molar-refractivity contribution in [3.8, 4) is 0 Å². The topological polar surface area (TPSA) is 0 Å². The van der Waals surface area contributed by atoms with Gasteiger partial charge in [-0.15, -0.1) is 0 Å². The fourth-order valence-corrected chi connectivity index (χ4v) is 0. The van der Waals surface area contributed by atoms with Crippen LogP contribution in [0.4, 0.5) is 0 Å². The van der Waals surface area contributed by atoms with E-state index in [1.807, 2.05) is 0 Å². The summed E-state index contributed by atoms with van der Waals surface area (Å²) in [5.74, 6) is 0. The first kappa shape index (κ1) is 8.21. The van der Waals surface area contributed by atoms with Gasteiger partial charge in [0.05, 0.1) is 0 Å². The summed E-state index contributed by atoms with van der Waals surface area (Å²) in [6.45, 7) is 4.50. The first-order valence-electron chi connectivity index (χ1n) is 2.17. The van der Waals surface area contributed by atoms with Gasteiger partial charge in [0.2, 0.25) is 0 Å². The van der Waals surface area contributed by atoms with Crippen LogP contribution in [0.1, 0.15) is 0 Å². The molecule has 0 nitrogen and oxygen atoms in total. The van der Waals surface area contributed by atoms with Crippen LogP contribution in [0.25, 0.3) is 0 Å². The Kier molecular flexibility index (Phi) is 3.13. The molecule has 0 aliphatic carbocycles. The SMILES string of the molecule is C[As](C)P(C)(C)=S. The van der Waals surface area contributed by atoms with Crippen molar-refractivity contribution in [2.45, 2.75) is 11.4 Å². The standard InChI is InChI=1S/C4H12AsPS/c1-5(2)6(3,4)7/h1-4H3. The molecule has 0 radical (unpaired) electrons. The molecule has 0 bridgehead atoms. The summed E-state index contributed by atoms with van der Waals surface area (Å²) < 4.78 is -0.758. The molecular formula is C4H12AsPS. The zero-order valence-corrected chi connectivity index (χ0v) is 8.89. The van der Waals surface area contributed by atoms with Crippen LogP contribution < -0.4 is 0 Å². The molecule has 0 aromatic carbocycles. The van der Waals surface area contributed by atoms with Gasteiger partial charge in [0.25, 0.3) is 0 Å². The molecule has 0 saturated carbocycles. The minimum atomic E-state index is -0.758. The molecule has 0 atom stereocenters. The second kappa shape index (κ2) is 2.67. The predicted octanol–water partition coefficient (Wildman–Crippen LogP) is 1.98. The third-order valence-electron chi connectivity index (χ3n) is 0.963. The van der Waals surface area contributed by atoms with Crippen LogP contribution in [0.2, 0.25) is 11.4 Å². The van der Waals surface area contributed by atoms with Crippen LogP contribution >= 0.6 is 4.60 Å². The van der Waals surface area contributed by atoms with E-state index < -0.39 is 18.8 Å². The third-order valence-corrected chi connectivity index (χ3v) is 20.1. The Hall–Kier alpha value is 1.21. The molecule has 0 spiro atoms. The third kappa shape index (κ3) is 3.76. The molecule has 0 aliphatic heterocycles. The van der Waals surface area contributed by atoms with Crippen LogP contribution in [0.5, 0.6) is 0 Å². The second-order valence-electron chi connectivity index (χ2n) is 2.14. The summed E-state index contributed by atoms with van der Waals surface area (Å²) >= 11 is 4.79. The van der Waals surface area contributed by atoms with E-state index in [4.69, 9.17) is 11.8 Å². The summed E-state index contributed by atoms with van der Waals surface area (Å²) in [6.07, 6.45) is 0. The summed E-state index contributed by atoms with van der Waals surface area (Å²) in [5, 5.41) is 0. The van der Waals surface area contributed by atoms with Crippen LogP contribution in [-0.2, 0) is 11.8 Å². The Balaban J connectivity index is 3.80. The summed E-state index contributed by atoms with van der Waals surface area (Å²) in [5.41, 5.74) is 4.68. The van der Waals surface area contributed by atoms with E-state index in [1.165, 1.54) is 0 Å². The van der Waals surface area contributed by atoms with Crippen molar-refractivity contribution in [3.63, 3.8) is 0 Å². The van der Waals surface area contributed by atoms with Crippen molar-refractivity contribution in [3.05, 3.63) is 0 Å². The molecule has 0 heterocycles. The number of hydrogen-bond acceptors (Lipinski definition) is 1. The van der Waals surface area contributed by atoms with Crippen LogP contribution in [-0.4, -0.2) is 27.5 Å². The Morgan fingerprint density at radius 3 is 1.43 bits per heavy atom. The summed E-state index contributed by atoms with van der Waals surface area (Å²) in [6, 6.07) is 0. The molecule has 0 unspecified atom stereocenters. The maximum absolute atomic E-state index is 5.28. The average molecular weight is 198 g/mol. The fourth-order valence-electron chi connectivity index (χ4n) is 0. The van der Waals surface area contributed by atoms with Gasteiger partial charge in [0.15, 0.2) is 0 Å². The van der Waals surface area contributed by atoms with Crippen molar-refractivity contribution < 1.29 is 0 Å². The van der Waals surface area contributed by atoms with Crippen LogP contribution in [0, 0.1) is 0 Å². The van der Waals surface area contributed by atoms with E-state index in [2.05, 4.69) is 24.8 Å². The summed E-state index contributed by atoms with van der Waals surface area (Å²) in [4.78, 5) is 0. The summed E-state index contributed by atoms with van der Waals surface area (Å²) in [7, 11) is 0. The Bertz CT molecular complexity index is 93.9.